The van der Waals surface area contributed by atoms with Crippen molar-refractivity contribution in [2.75, 3.05) is 44.2 Å². The molecule has 1 saturated heterocycles. The summed E-state index contributed by atoms with van der Waals surface area (Å²) >= 11 is 0. The highest BCUT2D eigenvalue weighted by atomic mass is 127. The Kier molecular flexibility index (Phi) is 8.47. The summed E-state index contributed by atoms with van der Waals surface area (Å²) in [5, 5.41) is 3.42. The zero-order valence-electron chi connectivity index (χ0n) is 17.4. The summed E-state index contributed by atoms with van der Waals surface area (Å²) in [5.41, 5.74) is 1.11. The van der Waals surface area contributed by atoms with Crippen LogP contribution in [-0.2, 0) is 6.54 Å². The average Bonchev–Trinajstić information content (AvgIpc) is 3.61. The number of guanidine groups is 1. The Hall–Kier alpha value is -2.17. The number of anilines is 1. The summed E-state index contributed by atoms with van der Waals surface area (Å²) in [6.45, 7) is 7.84. The van der Waals surface area contributed by atoms with Crippen LogP contribution in [-0.4, -0.2) is 65.1 Å². The lowest BCUT2D eigenvalue weighted by Gasteiger charge is -2.36. The summed E-state index contributed by atoms with van der Waals surface area (Å²) in [4.78, 5) is 22.4. The van der Waals surface area contributed by atoms with Crippen molar-refractivity contribution in [3.63, 3.8) is 0 Å². The van der Waals surface area contributed by atoms with Crippen LogP contribution in [0.15, 0.2) is 41.8 Å². The van der Waals surface area contributed by atoms with E-state index in [4.69, 9.17) is 9.73 Å². The van der Waals surface area contributed by atoms with Gasteiger partial charge in [-0.3, -0.25) is 0 Å². The number of halogens is 1. The van der Waals surface area contributed by atoms with Crippen LogP contribution in [0.2, 0.25) is 0 Å². The van der Waals surface area contributed by atoms with Crippen LogP contribution in [0.3, 0.4) is 0 Å². The second-order valence-corrected chi connectivity index (χ2v) is 7.45. The van der Waals surface area contributed by atoms with E-state index in [1.165, 1.54) is 12.8 Å². The first-order chi connectivity index (χ1) is 14.3. The van der Waals surface area contributed by atoms with Crippen LogP contribution in [0.25, 0.3) is 0 Å². The second kappa shape index (κ2) is 11.3. The number of aliphatic imine (C=N–C) groups is 1. The first-order valence-electron chi connectivity index (χ1n) is 10.4. The van der Waals surface area contributed by atoms with Gasteiger partial charge in [0, 0.05) is 57.4 Å². The van der Waals surface area contributed by atoms with Gasteiger partial charge in [-0.25, -0.2) is 19.9 Å². The molecule has 2 aliphatic rings. The van der Waals surface area contributed by atoms with Gasteiger partial charge in [0.05, 0.1) is 13.2 Å². The van der Waals surface area contributed by atoms with Gasteiger partial charge in [0.2, 0.25) is 11.8 Å². The minimum atomic E-state index is 0. The Morgan fingerprint density at radius 2 is 1.90 bits per heavy atom. The van der Waals surface area contributed by atoms with E-state index < -0.39 is 0 Å². The summed E-state index contributed by atoms with van der Waals surface area (Å²) in [7, 11) is 0. The minimum Gasteiger partial charge on any atom is -0.477 e. The highest BCUT2D eigenvalue weighted by Gasteiger charge is 2.22. The van der Waals surface area contributed by atoms with E-state index in [9.17, 15) is 0 Å². The number of nitrogens with one attached hydrogen (secondary N) is 1. The van der Waals surface area contributed by atoms with E-state index >= 15 is 0 Å². The van der Waals surface area contributed by atoms with Crippen LogP contribution in [0, 0.1) is 5.92 Å². The molecular weight excluding hydrogens is 493 g/mol. The molecule has 4 rings (SSSR count). The Morgan fingerprint density at radius 3 is 2.60 bits per heavy atom. The molecule has 3 heterocycles. The van der Waals surface area contributed by atoms with Crippen molar-refractivity contribution in [1.29, 1.82) is 0 Å². The number of hydrogen-bond donors (Lipinski definition) is 1. The fourth-order valence-electron chi connectivity index (χ4n) is 3.28. The third kappa shape index (κ3) is 6.41. The van der Waals surface area contributed by atoms with E-state index in [-0.39, 0.29) is 24.0 Å². The first-order valence-corrected chi connectivity index (χ1v) is 10.4. The topological polar surface area (TPSA) is 78.8 Å². The largest absolute Gasteiger partial charge is 0.477 e. The lowest BCUT2D eigenvalue weighted by molar-refractivity contribution is 0.288. The number of ether oxygens (including phenoxy) is 1. The third-order valence-corrected chi connectivity index (χ3v) is 5.12. The molecule has 1 saturated carbocycles. The number of nitrogens with zero attached hydrogens (tertiary/aromatic N) is 6. The summed E-state index contributed by atoms with van der Waals surface area (Å²) in [6.07, 6.45) is 7.94. The number of pyridine rings is 1. The zero-order chi connectivity index (χ0) is 19.9. The molecule has 0 radical (unpaired) electrons. The molecule has 8 nitrogen and oxygen atoms in total. The van der Waals surface area contributed by atoms with Crippen molar-refractivity contribution in [1.82, 2.24) is 25.2 Å². The van der Waals surface area contributed by atoms with Gasteiger partial charge in [0.1, 0.15) is 0 Å². The summed E-state index contributed by atoms with van der Waals surface area (Å²) < 4.78 is 5.79. The molecule has 1 aliphatic carbocycles. The Labute approximate surface area is 195 Å². The monoisotopic (exact) mass is 523 g/mol. The van der Waals surface area contributed by atoms with E-state index in [1.54, 1.807) is 18.6 Å². The molecule has 2 aromatic heterocycles. The van der Waals surface area contributed by atoms with Crippen molar-refractivity contribution < 1.29 is 4.74 Å². The molecule has 0 unspecified atom stereocenters. The van der Waals surface area contributed by atoms with Crippen LogP contribution in [0.5, 0.6) is 5.88 Å². The molecule has 0 amide bonds. The summed E-state index contributed by atoms with van der Waals surface area (Å²) in [6, 6.07) is 5.85. The lowest BCUT2D eigenvalue weighted by atomic mass is 10.2. The smallest absolute Gasteiger partial charge is 0.225 e. The van der Waals surface area contributed by atoms with Crippen LogP contribution in [0.1, 0.15) is 25.3 Å². The lowest BCUT2D eigenvalue weighted by Crippen LogP contribution is -2.52. The van der Waals surface area contributed by atoms with Gasteiger partial charge in [0.15, 0.2) is 5.96 Å². The van der Waals surface area contributed by atoms with Crippen LogP contribution >= 0.6 is 24.0 Å². The predicted octanol–water partition coefficient (Wildman–Crippen LogP) is 2.57. The Morgan fingerprint density at radius 1 is 1.13 bits per heavy atom. The standard InChI is InChI=1S/C21H29N7O.HI/c1-2-22-20(27-10-12-28(13-11-27)21-24-7-3-8-25-21)26-15-18-6-9-23-19(14-18)29-16-17-4-5-17;/h3,6-9,14,17H,2,4-5,10-13,15-16H2,1H3,(H,22,26);1H. The number of rotatable bonds is 7. The second-order valence-electron chi connectivity index (χ2n) is 7.45. The maximum absolute atomic E-state index is 5.79. The van der Waals surface area contributed by atoms with Gasteiger partial charge < -0.3 is 19.9 Å². The maximum atomic E-state index is 5.79. The number of piperazine rings is 1. The molecule has 0 aromatic carbocycles. The van der Waals surface area contributed by atoms with E-state index in [2.05, 4.69) is 37.0 Å². The average molecular weight is 523 g/mol. The predicted molar refractivity (Wildman–Crippen MR) is 129 cm³/mol. The highest BCUT2D eigenvalue weighted by molar-refractivity contribution is 14.0. The van der Waals surface area contributed by atoms with Gasteiger partial charge >= 0.3 is 0 Å². The molecule has 0 atom stereocenters. The zero-order valence-corrected chi connectivity index (χ0v) is 19.7. The van der Waals surface area contributed by atoms with E-state index in [0.29, 0.717) is 12.4 Å². The van der Waals surface area contributed by atoms with Gasteiger partial charge in [-0.05, 0) is 43.4 Å². The van der Waals surface area contributed by atoms with E-state index in [1.807, 2.05) is 18.2 Å². The quantitative estimate of drug-likeness (QED) is 0.340. The van der Waals surface area contributed by atoms with Crippen molar-refractivity contribution in [3.05, 3.63) is 42.4 Å². The van der Waals surface area contributed by atoms with Crippen molar-refractivity contribution >= 4 is 35.9 Å². The normalized spacial score (nSPS) is 16.8. The molecule has 162 valence electrons. The van der Waals surface area contributed by atoms with Crippen molar-refractivity contribution in [3.8, 4) is 5.88 Å². The van der Waals surface area contributed by atoms with E-state index in [0.717, 1.165) is 62.7 Å². The van der Waals surface area contributed by atoms with Gasteiger partial charge in [-0.2, -0.15) is 0 Å². The molecule has 30 heavy (non-hydrogen) atoms. The molecule has 1 N–H and O–H groups in total. The molecule has 2 fully saturated rings. The van der Waals surface area contributed by atoms with Gasteiger partial charge in [-0.15, -0.1) is 24.0 Å². The fourth-order valence-corrected chi connectivity index (χ4v) is 3.28. The minimum absolute atomic E-state index is 0. The first kappa shape index (κ1) is 22.5. The van der Waals surface area contributed by atoms with Crippen molar-refractivity contribution in [2.45, 2.75) is 26.3 Å². The molecule has 2 aromatic rings. The molecule has 1 aliphatic heterocycles. The Bertz CT molecular complexity index is 808. The molecule has 0 spiro atoms. The van der Waals surface area contributed by atoms with Crippen molar-refractivity contribution in [2.24, 2.45) is 10.9 Å². The number of hydrogen-bond acceptors (Lipinski definition) is 6. The van der Waals surface area contributed by atoms with Crippen LogP contribution in [0.4, 0.5) is 5.95 Å². The maximum Gasteiger partial charge on any atom is 0.225 e. The molecular formula is C21H30IN7O. The van der Waals surface area contributed by atoms with Gasteiger partial charge in [-0.1, -0.05) is 0 Å². The SMILES string of the molecule is CCNC(=NCc1ccnc(OCC2CC2)c1)N1CCN(c2ncccn2)CC1.I. The highest BCUT2D eigenvalue weighted by Crippen LogP contribution is 2.29. The van der Waals surface area contributed by atoms with Gasteiger partial charge in [0.25, 0.3) is 0 Å². The summed E-state index contributed by atoms with van der Waals surface area (Å²) in [5.74, 6) is 3.16. The Balaban J connectivity index is 0.00000256. The molecule has 9 heteroatoms. The fraction of sp³-hybridized carbons (Fsp3) is 0.524. The van der Waals surface area contributed by atoms with Crippen LogP contribution < -0.4 is 15.0 Å². The number of aromatic nitrogens is 3. The molecule has 0 bridgehead atoms. The third-order valence-electron chi connectivity index (χ3n) is 5.12.